The Morgan fingerprint density at radius 1 is 1.39 bits per heavy atom. The van der Waals surface area contributed by atoms with Crippen LogP contribution < -0.4 is 10.2 Å². The van der Waals surface area contributed by atoms with Crippen molar-refractivity contribution in [3.63, 3.8) is 0 Å². The quantitative estimate of drug-likeness (QED) is 0.774. The lowest BCUT2D eigenvalue weighted by molar-refractivity contribution is 0.102. The summed E-state index contributed by atoms with van der Waals surface area (Å²) in [6.45, 7) is -2.75. The van der Waals surface area contributed by atoms with Crippen molar-refractivity contribution in [2.24, 2.45) is 0 Å². The molecule has 5 heteroatoms. The van der Waals surface area contributed by atoms with Crippen LogP contribution in [0.3, 0.4) is 0 Å². The van der Waals surface area contributed by atoms with Gasteiger partial charge < -0.3 is 10.2 Å². The van der Waals surface area contributed by atoms with Crippen LogP contribution >= 0.6 is 0 Å². The summed E-state index contributed by atoms with van der Waals surface area (Å²) in [5, 5.41) is 0.309. The maximum Gasteiger partial charge on any atom is 0.259 e. The monoisotopic (exact) mass is 247 g/mol. The normalized spacial score (nSPS) is 20.3. The fourth-order valence-corrected chi connectivity index (χ4v) is 1.73. The zero-order chi connectivity index (χ0) is 18.7. The molecule has 1 N–H and O–H groups in total. The van der Waals surface area contributed by atoms with E-state index in [-0.39, 0.29) is 28.9 Å². The van der Waals surface area contributed by atoms with E-state index in [1.807, 2.05) is 0 Å². The number of rotatable bonds is 0. The van der Waals surface area contributed by atoms with Crippen LogP contribution in [0, 0.1) is 6.85 Å². The molecule has 3 heterocycles. The molecule has 0 bridgehead atoms. The largest absolute Gasteiger partial charge is 0.318 e. The number of nitrogens with zero attached hydrogens (tertiary/aromatic N) is 3. The van der Waals surface area contributed by atoms with Gasteiger partial charge in [-0.05, 0) is 30.5 Å². The number of amides is 1. The van der Waals surface area contributed by atoms with E-state index < -0.39 is 30.4 Å². The standard InChI is InChI=1S/C13H12N4O/c1-8-5-7-15-12-10(8)16-13(18)9-4-3-6-14-11(9)17(12)2/h3-7H,1-2H3,(H,16,18)/i1D3,3D,4D,5D/hD. The van der Waals surface area contributed by atoms with E-state index in [0.717, 1.165) is 12.4 Å². The smallest absolute Gasteiger partial charge is 0.259 e. The van der Waals surface area contributed by atoms with E-state index in [4.69, 9.17) is 9.64 Å². The zero-order valence-corrected chi connectivity index (χ0v) is 9.35. The Morgan fingerprint density at radius 2 is 2.22 bits per heavy atom. The van der Waals surface area contributed by atoms with Gasteiger partial charge in [0.15, 0.2) is 7.23 Å². The maximum absolute atomic E-state index is 12.7. The average molecular weight is 247 g/mol. The van der Waals surface area contributed by atoms with Crippen molar-refractivity contribution >= 4 is 23.2 Å². The highest BCUT2D eigenvalue weighted by Crippen LogP contribution is 2.35. The second kappa shape index (κ2) is 3.80. The Morgan fingerprint density at radius 3 is 3.06 bits per heavy atom. The van der Waals surface area contributed by atoms with Gasteiger partial charge in [0.05, 0.1) is 15.4 Å². The molecule has 0 aliphatic carbocycles. The van der Waals surface area contributed by atoms with Crippen molar-refractivity contribution < 1.29 is 14.4 Å². The molecule has 1 aliphatic rings. The Labute approximate surface area is 114 Å². The van der Waals surface area contributed by atoms with E-state index in [9.17, 15) is 4.79 Å². The summed E-state index contributed by atoms with van der Waals surface area (Å²) in [7, 11) is 1.46. The van der Waals surface area contributed by atoms with Gasteiger partial charge in [0.25, 0.3) is 5.91 Å². The van der Waals surface area contributed by atoms with Gasteiger partial charge in [0.2, 0.25) is 0 Å². The third-order valence-corrected chi connectivity index (χ3v) is 2.58. The van der Waals surface area contributed by atoms with Crippen LogP contribution in [0.15, 0.2) is 30.5 Å². The molecule has 0 aromatic carbocycles. The molecule has 1 amide bonds. The average Bonchev–Trinajstić information content (AvgIpc) is 2.60. The predicted molar refractivity (Wildman–Crippen MR) is 69.2 cm³/mol. The summed E-state index contributed by atoms with van der Waals surface area (Å²) < 4.78 is 54.5. The van der Waals surface area contributed by atoms with Gasteiger partial charge in [0, 0.05) is 23.6 Å². The molecule has 0 saturated carbocycles. The van der Waals surface area contributed by atoms with Gasteiger partial charge in [-0.15, -0.1) is 0 Å². The Balaban J connectivity index is 2.41. The van der Waals surface area contributed by atoms with Crippen LogP contribution in [0.25, 0.3) is 0 Å². The van der Waals surface area contributed by atoms with Crippen LogP contribution in [0.5, 0.6) is 0 Å². The van der Waals surface area contributed by atoms with Crippen LogP contribution in [0.2, 0.25) is 1.41 Å². The number of pyridine rings is 2. The van der Waals surface area contributed by atoms with Crippen LogP contribution in [-0.4, -0.2) is 22.9 Å². The van der Waals surface area contributed by atoms with Crippen molar-refractivity contribution in [3.8, 4) is 0 Å². The first-order chi connectivity index (χ1) is 11.6. The summed E-state index contributed by atoms with van der Waals surface area (Å²) in [5.41, 5.74) is -1.15. The van der Waals surface area contributed by atoms with Gasteiger partial charge >= 0.3 is 0 Å². The molecule has 18 heavy (non-hydrogen) atoms. The van der Waals surface area contributed by atoms with E-state index >= 15 is 0 Å². The lowest BCUT2D eigenvalue weighted by Crippen LogP contribution is -2.14. The highest BCUT2D eigenvalue weighted by Gasteiger charge is 2.25. The predicted octanol–water partition coefficient (Wildman–Crippen LogP) is 2.12. The van der Waals surface area contributed by atoms with Gasteiger partial charge in [-0.3, -0.25) is 4.79 Å². The lowest BCUT2D eigenvalue weighted by atomic mass is 10.2. The van der Waals surface area contributed by atoms with Crippen molar-refractivity contribution in [1.82, 2.24) is 9.97 Å². The number of aromatic nitrogens is 2. The minimum absolute atomic E-state index is 0.0104. The Hall–Kier alpha value is -2.43. The third-order valence-electron chi connectivity index (χ3n) is 2.58. The first-order valence-corrected chi connectivity index (χ1v) is 5.09. The number of nitrogens with one attached hydrogen (secondary N) is 1. The van der Waals surface area contributed by atoms with Crippen LogP contribution in [0.1, 0.15) is 24.1 Å². The fourth-order valence-electron chi connectivity index (χ4n) is 1.73. The summed E-state index contributed by atoms with van der Waals surface area (Å²) in [4.78, 5) is 22.0. The van der Waals surface area contributed by atoms with Crippen molar-refractivity contribution in [1.29, 1.82) is 0 Å². The minimum atomic E-state index is -2.75. The van der Waals surface area contributed by atoms with E-state index in [0.29, 0.717) is 5.31 Å². The number of hydrogen-bond acceptors (Lipinski definition) is 4. The molecule has 1 aliphatic heterocycles. The summed E-state index contributed by atoms with van der Waals surface area (Å²) in [6, 6.07) is -1.15. The number of hydrogen-bond donors (Lipinski definition) is 1. The summed E-state index contributed by atoms with van der Waals surface area (Å²) >= 11 is 0. The number of anilines is 3. The molecule has 2 aromatic rings. The molecule has 0 spiro atoms. The molecule has 3 rings (SSSR count). The Kier molecular flexibility index (Phi) is 1.16. The molecule has 0 saturated heterocycles. The molecule has 0 atom stereocenters. The highest BCUT2D eigenvalue weighted by atomic mass is 16.1. The van der Waals surface area contributed by atoms with E-state index in [1.165, 1.54) is 11.9 Å². The fraction of sp³-hybridized carbons (Fsp3) is 0.154. The van der Waals surface area contributed by atoms with Gasteiger partial charge in [0.1, 0.15) is 5.82 Å². The minimum Gasteiger partial charge on any atom is -0.318 e. The SMILES string of the molecule is [2H]c1cnc2c(c1[2H])C(=O)N([2H])c1c(ncc([2H])c1C([2H])([2H])[2H])N2C. The topological polar surface area (TPSA) is 58.1 Å². The van der Waals surface area contributed by atoms with Crippen LogP contribution in [-0.2, 0) is 0 Å². The number of carbonyl (C=O) groups excluding carboxylic acids is 1. The maximum atomic E-state index is 12.7. The Bertz CT molecular complexity index is 899. The molecule has 5 nitrogen and oxygen atoms in total. The third kappa shape index (κ3) is 1.44. The molecule has 2 aromatic heterocycles. The molecule has 0 radical (unpaired) electrons. The molecular formula is C13H12N4O. The first kappa shape index (κ1) is 5.48. The first-order valence-electron chi connectivity index (χ1n) is 8.53. The lowest BCUT2D eigenvalue weighted by Gasteiger charge is -2.18. The van der Waals surface area contributed by atoms with E-state index in [2.05, 4.69) is 9.97 Å². The van der Waals surface area contributed by atoms with Crippen LogP contribution in [0.4, 0.5) is 17.3 Å². The van der Waals surface area contributed by atoms with Crippen molar-refractivity contribution in [3.05, 3.63) is 41.6 Å². The highest BCUT2D eigenvalue weighted by molar-refractivity contribution is 6.11. The van der Waals surface area contributed by atoms with Gasteiger partial charge in [-0.25, -0.2) is 9.97 Å². The molecule has 90 valence electrons. The zero-order valence-electron chi connectivity index (χ0n) is 16.4. The second-order valence-electron chi connectivity index (χ2n) is 3.65. The summed E-state index contributed by atoms with van der Waals surface area (Å²) in [6.07, 6.45) is 2.12. The molecular weight excluding hydrogens is 228 g/mol. The van der Waals surface area contributed by atoms with E-state index in [1.54, 1.807) is 0 Å². The van der Waals surface area contributed by atoms with Gasteiger partial charge in [-0.2, -0.15) is 0 Å². The molecule has 0 unspecified atom stereocenters. The van der Waals surface area contributed by atoms with Gasteiger partial charge in [-0.1, -0.05) is 0 Å². The number of carbonyl (C=O) groups is 1. The van der Waals surface area contributed by atoms with Crippen molar-refractivity contribution in [2.45, 2.75) is 6.85 Å². The second-order valence-corrected chi connectivity index (χ2v) is 3.65. The van der Waals surface area contributed by atoms with Crippen molar-refractivity contribution in [2.75, 3.05) is 17.3 Å². The number of fused-ring (bicyclic) bond motifs is 2. The summed E-state index contributed by atoms with van der Waals surface area (Å²) in [5.74, 6) is -1.07. The molecule has 0 fully saturated rings.